The average Bonchev–Trinajstić information content (AvgIpc) is 2.64. The molecule has 26 heavy (non-hydrogen) atoms. The molecule has 1 amide bonds. The molecular weight excluding hydrogens is 377 g/mol. The van der Waals surface area contributed by atoms with Crippen molar-refractivity contribution in [1.29, 1.82) is 0 Å². The molecule has 0 heterocycles. The number of benzene rings is 2. The second-order valence-electron chi connectivity index (χ2n) is 5.55. The Morgan fingerprint density at radius 1 is 1.08 bits per heavy atom. The van der Waals surface area contributed by atoms with Gasteiger partial charge in [0, 0.05) is 23.6 Å². The van der Waals surface area contributed by atoms with Gasteiger partial charge >= 0.3 is 5.97 Å². The summed E-state index contributed by atoms with van der Waals surface area (Å²) in [6, 6.07) is 13.0. The van der Waals surface area contributed by atoms with Crippen molar-refractivity contribution >= 4 is 35.1 Å². The highest BCUT2D eigenvalue weighted by Crippen LogP contribution is 2.23. The van der Waals surface area contributed by atoms with Gasteiger partial charge in [-0.05, 0) is 23.3 Å². The van der Waals surface area contributed by atoms with E-state index in [1.54, 1.807) is 42.5 Å². The lowest BCUT2D eigenvalue weighted by atomic mass is 10.0. The summed E-state index contributed by atoms with van der Waals surface area (Å²) in [4.78, 5) is 24.8. The maximum atomic E-state index is 12.6. The van der Waals surface area contributed by atoms with Gasteiger partial charge < -0.3 is 14.8 Å². The number of halogens is 2. The molecule has 0 aliphatic heterocycles. The van der Waals surface area contributed by atoms with E-state index in [1.165, 1.54) is 14.2 Å². The Bertz CT molecular complexity index is 767. The highest BCUT2D eigenvalue weighted by molar-refractivity contribution is 6.35. The van der Waals surface area contributed by atoms with Crippen LogP contribution in [0.5, 0.6) is 0 Å². The number of ether oxygens (including phenoxy) is 2. The second kappa shape index (κ2) is 9.57. The Kier molecular flexibility index (Phi) is 7.45. The summed E-state index contributed by atoms with van der Waals surface area (Å²) >= 11 is 12.1. The van der Waals surface area contributed by atoms with E-state index in [0.29, 0.717) is 21.2 Å². The van der Waals surface area contributed by atoms with E-state index in [9.17, 15) is 9.59 Å². The zero-order chi connectivity index (χ0) is 19.1. The number of rotatable bonds is 7. The van der Waals surface area contributed by atoms with E-state index >= 15 is 0 Å². The minimum atomic E-state index is -0.910. The maximum absolute atomic E-state index is 12.6. The summed E-state index contributed by atoms with van der Waals surface area (Å²) in [5.74, 6) is -1.02. The van der Waals surface area contributed by atoms with Crippen LogP contribution in [0.2, 0.25) is 10.0 Å². The third-order valence-electron chi connectivity index (χ3n) is 3.82. The summed E-state index contributed by atoms with van der Waals surface area (Å²) < 4.78 is 10.1. The molecule has 5 nitrogen and oxygen atoms in total. The van der Waals surface area contributed by atoms with E-state index in [0.717, 1.165) is 0 Å². The first-order valence-electron chi connectivity index (χ1n) is 7.86. The molecule has 2 atom stereocenters. The van der Waals surface area contributed by atoms with Crippen molar-refractivity contribution in [3.63, 3.8) is 0 Å². The smallest absolute Gasteiger partial charge is 0.328 e. The zero-order valence-electron chi connectivity index (χ0n) is 14.4. The molecule has 0 spiro atoms. The van der Waals surface area contributed by atoms with Crippen LogP contribution in [0.25, 0.3) is 0 Å². The van der Waals surface area contributed by atoms with E-state index < -0.39 is 24.0 Å². The van der Waals surface area contributed by atoms with Gasteiger partial charge in [0.1, 0.15) is 6.04 Å². The third-order valence-corrected chi connectivity index (χ3v) is 4.40. The Morgan fingerprint density at radius 2 is 1.77 bits per heavy atom. The number of esters is 1. The van der Waals surface area contributed by atoms with Crippen LogP contribution in [0.3, 0.4) is 0 Å². The monoisotopic (exact) mass is 395 g/mol. The maximum Gasteiger partial charge on any atom is 0.328 e. The Morgan fingerprint density at radius 3 is 2.35 bits per heavy atom. The van der Waals surface area contributed by atoms with Crippen molar-refractivity contribution in [3.05, 3.63) is 69.7 Å². The van der Waals surface area contributed by atoms with Gasteiger partial charge in [0.15, 0.2) is 6.10 Å². The van der Waals surface area contributed by atoms with Crippen LogP contribution in [-0.2, 0) is 25.5 Å². The molecule has 2 aromatic rings. The number of methoxy groups -OCH3 is 2. The van der Waals surface area contributed by atoms with Crippen molar-refractivity contribution in [3.8, 4) is 0 Å². The quantitative estimate of drug-likeness (QED) is 0.727. The minimum absolute atomic E-state index is 0.166. The lowest BCUT2D eigenvalue weighted by molar-refractivity contribution is -0.146. The molecule has 0 fully saturated rings. The number of hydrogen-bond donors (Lipinski definition) is 1. The standard InChI is InChI=1S/C19H19Cl2NO4/c1-25-17(12-6-4-3-5-7-12)18(23)22-16(19(24)26-2)10-13-8-9-14(20)11-15(13)21/h3-9,11,16-17H,10H2,1-2H3,(H,22,23)/t16-,17+/m1/s1. The van der Waals surface area contributed by atoms with Gasteiger partial charge in [-0.15, -0.1) is 0 Å². The molecular formula is C19H19Cl2NO4. The zero-order valence-corrected chi connectivity index (χ0v) is 15.9. The summed E-state index contributed by atoms with van der Waals surface area (Å²) in [5, 5.41) is 3.57. The van der Waals surface area contributed by atoms with Crippen molar-refractivity contribution in [2.45, 2.75) is 18.6 Å². The van der Waals surface area contributed by atoms with Gasteiger partial charge in [0.2, 0.25) is 0 Å². The Balaban J connectivity index is 2.19. The highest BCUT2D eigenvalue weighted by atomic mass is 35.5. The van der Waals surface area contributed by atoms with E-state index in [2.05, 4.69) is 5.32 Å². The van der Waals surface area contributed by atoms with Crippen LogP contribution in [0.15, 0.2) is 48.5 Å². The van der Waals surface area contributed by atoms with E-state index in [-0.39, 0.29) is 6.42 Å². The van der Waals surface area contributed by atoms with Gasteiger partial charge in [-0.1, -0.05) is 59.6 Å². The SMILES string of the molecule is COC(=O)[C@@H](Cc1ccc(Cl)cc1Cl)NC(=O)[C@@H](OC)c1ccccc1. The summed E-state index contributed by atoms with van der Waals surface area (Å²) in [6.07, 6.45) is -0.677. The normalized spacial score (nSPS) is 12.9. The summed E-state index contributed by atoms with van der Waals surface area (Å²) in [6.45, 7) is 0. The van der Waals surface area contributed by atoms with Crippen LogP contribution in [0, 0.1) is 0 Å². The van der Waals surface area contributed by atoms with Crippen LogP contribution >= 0.6 is 23.2 Å². The number of hydrogen-bond acceptors (Lipinski definition) is 4. The fraction of sp³-hybridized carbons (Fsp3) is 0.263. The number of nitrogens with one attached hydrogen (secondary N) is 1. The van der Waals surface area contributed by atoms with Crippen molar-refractivity contribution < 1.29 is 19.1 Å². The van der Waals surface area contributed by atoms with Crippen LogP contribution in [-0.4, -0.2) is 32.1 Å². The minimum Gasteiger partial charge on any atom is -0.467 e. The van der Waals surface area contributed by atoms with Crippen molar-refractivity contribution in [1.82, 2.24) is 5.32 Å². The molecule has 0 unspecified atom stereocenters. The number of carbonyl (C=O) groups is 2. The summed E-state index contributed by atoms with van der Waals surface area (Å²) in [5.41, 5.74) is 1.35. The molecule has 0 aliphatic carbocycles. The molecule has 0 radical (unpaired) electrons. The molecule has 0 saturated carbocycles. The van der Waals surface area contributed by atoms with Crippen molar-refractivity contribution in [2.75, 3.05) is 14.2 Å². The first kappa shape index (κ1) is 20.2. The Hall–Kier alpha value is -2.08. The van der Waals surface area contributed by atoms with Crippen molar-refractivity contribution in [2.24, 2.45) is 0 Å². The number of amides is 1. The van der Waals surface area contributed by atoms with Gasteiger partial charge in [0.25, 0.3) is 5.91 Å². The topological polar surface area (TPSA) is 64.6 Å². The molecule has 0 aromatic heterocycles. The first-order chi connectivity index (χ1) is 12.5. The van der Waals surface area contributed by atoms with E-state index in [1.807, 2.05) is 6.07 Å². The molecule has 0 saturated heterocycles. The molecule has 2 rings (SSSR count). The number of carbonyl (C=O) groups excluding carboxylic acids is 2. The van der Waals surface area contributed by atoms with Gasteiger partial charge in [-0.3, -0.25) is 4.79 Å². The first-order valence-corrected chi connectivity index (χ1v) is 8.61. The lowest BCUT2D eigenvalue weighted by Crippen LogP contribution is -2.45. The predicted octanol–water partition coefficient (Wildman–Crippen LogP) is 3.58. The van der Waals surface area contributed by atoms with Gasteiger partial charge in [-0.2, -0.15) is 0 Å². The predicted molar refractivity (Wildman–Crippen MR) is 100 cm³/mol. The Labute approximate surface area is 162 Å². The average molecular weight is 396 g/mol. The molecule has 0 aliphatic rings. The third kappa shape index (κ3) is 5.21. The second-order valence-corrected chi connectivity index (χ2v) is 6.39. The van der Waals surface area contributed by atoms with Gasteiger partial charge in [-0.25, -0.2) is 4.79 Å². The van der Waals surface area contributed by atoms with Crippen LogP contribution < -0.4 is 5.32 Å². The fourth-order valence-corrected chi connectivity index (χ4v) is 3.00. The van der Waals surface area contributed by atoms with Crippen LogP contribution in [0.4, 0.5) is 0 Å². The molecule has 7 heteroatoms. The van der Waals surface area contributed by atoms with Crippen LogP contribution in [0.1, 0.15) is 17.2 Å². The fourth-order valence-electron chi connectivity index (χ4n) is 2.51. The highest BCUT2D eigenvalue weighted by Gasteiger charge is 2.28. The molecule has 2 aromatic carbocycles. The van der Waals surface area contributed by atoms with E-state index in [4.69, 9.17) is 32.7 Å². The largest absolute Gasteiger partial charge is 0.467 e. The molecule has 1 N–H and O–H groups in total. The van der Waals surface area contributed by atoms with Gasteiger partial charge in [0.05, 0.1) is 7.11 Å². The summed E-state index contributed by atoms with van der Waals surface area (Å²) in [7, 11) is 2.69. The molecule has 138 valence electrons. The lowest BCUT2D eigenvalue weighted by Gasteiger charge is -2.21. The molecule has 0 bridgehead atoms.